The third-order valence-electron chi connectivity index (χ3n) is 3.02. The van der Waals surface area contributed by atoms with Crippen LogP contribution in [0.1, 0.15) is 51.4 Å². The van der Waals surface area contributed by atoms with Gasteiger partial charge in [-0.25, -0.2) is 5.21 Å². The quantitative estimate of drug-likeness (QED) is 0.248. The van der Waals surface area contributed by atoms with E-state index in [-0.39, 0.29) is 10.6 Å². The molecule has 1 amide bonds. The number of rotatable bonds is 12. The molecule has 0 saturated heterocycles. The van der Waals surface area contributed by atoms with E-state index in [4.69, 9.17) is 0 Å². The van der Waals surface area contributed by atoms with Gasteiger partial charge in [-0.2, -0.15) is 4.65 Å². The van der Waals surface area contributed by atoms with Crippen LogP contribution in [0.5, 0.6) is 0 Å². The van der Waals surface area contributed by atoms with E-state index in [0.717, 1.165) is 25.7 Å². The minimum absolute atomic E-state index is 0.0411. The minimum atomic E-state index is -0.0411. The molecule has 0 aliphatic heterocycles. The molecule has 0 unspecified atom stereocenters. The molecule has 0 heterocycles. The molecule has 0 atom stereocenters. The van der Waals surface area contributed by atoms with Crippen LogP contribution in [0.4, 0.5) is 0 Å². The topological polar surface area (TPSA) is 49.3 Å². The summed E-state index contributed by atoms with van der Waals surface area (Å²) in [6, 6.07) is 0. The van der Waals surface area contributed by atoms with Gasteiger partial charge in [0.1, 0.15) is 6.54 Å². The molecule has 0 aromatic rings. The lowest BCUT2D eigenvalue weighted by Crippen LogP contribution is -2.38. The number of allylic oxidation sites excluding steroid dienone is 1. The summed E-state index contributed by atoms with van der Waals surface area (Å²) in [5.41, 5.74) is 0. The molecule has 19 heavy (non-hydrogen) atoms. The van der Waals surface area contributed by atoms with Gasteiger partial charge in [0.15, 0.2) is 0 Å². The highest BCUT2D eigenvalue weighted by molar-refractivity contribution is 5.75. The van der Waals surface area contributed by atoms with E-state index in [1.54, 1.807) is 14.1 Å². The normalized spacial score (nSPS) is 11.3. The number of carbonyl (C=O) groups is 1. The number of hydrogen-bond donors (Lipinski definition) is 2. The van der Waals surface area contributed by atoms with Crippen molar-refractivity contribution in [1.29, 1.82) is 0 Å². The van der Waals surface area contributed by atoms with Crippen LogP contribution in [0.2, 0.25) is 0 Å². The summed E-state index contributed by atoms with van der Waals surface area (Å²) >= 11 is 0. The molecule has 0 bridgehead atoms. The number of unbranched alkanes of at least 4 members (excludes halogenated alkanes) is 5. The van der Waals surface area contributed by atoms with Crippen molar-refractivity contribution < 1.29 is 14.6 Å². The molecule has 0 aromatic heterocycles. The van der Waals surface area contributed by atoms with Crippen LogP contribution < -0.4 is 5.32 Å². The molecular formula is C15H31N2O2+. The fourth-order valence-corrected chi connectivity index (χ4v) is 1.89. The molecule has 2 N–H and O–H groups in total. The van der Waals surface area contributed by atoms with Crippen molar-refractivity contribution in [3.8, 4) is 0 Å². The van der Waals surface area contributed by atoms with Crippen LogP contribution in [0.25, 0.3) is 0 Å². The van der Waals surface area contributed by atoms with Crippen molar-refractivity contribution >= 4 is 5.91 Å². The maximum absolute atomic E-state index is 11.5. The molecule has 4 nitrogen and oxygen atoms in total. The van der Waals surface area contributed by atoms with Crippen molar-refractivity contribution in [3.63, 3.8) is 0 Å². The molecule has 0 spiro atoms. The molecule has 0 rings (SSSR count). The molecule has 112 valence electrons. The smallest absolute Gasteiger partial charge is 0.219 e. The van der Waals surface area contributed by atoms with Crippen LogP contribution in [0.3, 0.4) is 0 Å². The second-order valence-corrected chi connectivity index (χ2v) is 5.64. The van der Waals surface area contributed by atoms with Gasteiger partial charge in [0.05, 0.1) is 14.1 Å². The SMILES string of the molecule is C=CCCCCCCCC(=O)NCCC[N+](C)(C)O. The van der Waals surface area contributed by atoms with E-state index in [1.165, 1.54) is 19.3 Å². The number of carbonyl (C=O) groups excluding carboxylic acids is 1. The van der Waals surface area contributed by atoms with Gasteiger partial charge in [-0.3, -0.25) is 4.79 Å². The zero-order chi connectivity index (χ0) is 14.6. The fraction of sp³-hybridized carbons (Fsp3) is 0.800. The lowest BCUT2D eigenvalue weighted by molar-refractivity contribution is -1.07. The third kappa shape index (κ3) is 15.1. The number of nitrogens with zero attached hydrogens (tertiary/aromatic N) is 1. The van der Waals surface area contributed by atoms with Gasteiger partial charge in [-0.1, -0.05) is 25.3 Å². The third-order valence-corrected chi connectivity index (χ3v) is 3.02. The first-order chi connectivity index (χ1) is 8.95. The summed E-state index contributed by atoms with van der Waals surface area (Å²) in [4.78, 5) is 11.5. The second-order valence-electron chi connectivity index (χ2n) is 5.64. The monoisotopic (exact) mass is 271 g/mol. The average molecular weight is 271 g/mol. The number of nitrogens with one attached hydrogen (secondary N) is 1. The number of hydroxylamine groups is 3. The van der Waals surface area contributed by atoms with Gasteiger partial charge in [0.25, 0.3) is 0 Å². The maximum Gasteiger partial charge on any atom is 0.219 e. The molecule has 0 aliphatic rings. The summed E-state index contributed by atoms with van der Waals surface area (Å²) in [6.45, 7) is 5.01. The number of hydrogen-bond acceptors (Lipinski definition) is 2. The highest BCUT2D eigenvalue weighted by Crippen LogP contribution is 2.07. The predicted octanol–water partition coefficient (Wildman–Crippen LogP) is 2.88. The summed E-state index contributed by atoms with van der Waals surface area (Å²) in [7, 11) is 3.46. The molecule has 0 aliphatic carbocycles. The van der Waals surface area contributed by atoms with Crippen molar-refractivity contribution in [3.05, 3.63) is 12.7 Å². The average Bonchev–Trinajstić information content (AvgIpc) is 2.32. The van der Waals surface area contributed by atoms with E-state index < -0.39 is 0 Å². The maximum atomic E-state index is 11.5. The Morgan fingerprint density at radius 2 is 1.79 bits per heavy atom. The van der Waals surface area contributed by atoms with Crippen LogP contribution in [0.15, 0.2) is 12.7 Å². The molecule has 0 fully saturated rings. The molecule has 0 aromatic carbocycles. The molecule has 4 heteroatoms. The van der Waals surface area contributed by atoms with Crippen LogP contribution >= 0.6 is 0 Å². The molecule has 0 saturated carbocycles. The number of quaternary nitrogens is 1. The minimum Gasteiger partial charge on any atom is -0.356 e. The summed E-state index contributed by atoms with van der Waals surface area (Å²) in [5.74, 6) is 0.134. The van der Waals surface area contributed by atoms with E-state index in [9.17, 15) is 10.0 Å². The van der Waals surface area contributed by atoms with Gasteiger partial charge < -0.3 is 5.32 Å². The van der Waals surface area contributed by atoms with Crippen LogP contribution in [-0.2, 0) is 4.79 Å². The lowest BCUT2D eigenvalue weighted by Gasteiger charge is -2.19. The van der Waals surface area contributed by atoms with E-state index in [2.05, 4.69) is 11.9 Å². The van der Waals surface area contributed by atoms with Gasteiger partial charge in [0, 0.05) is 19.4 Å². The van der Waals surface area contributed by atoms with Crippen LogP contribution in [-0.4, -0.2) is 42.9 Å². The predicted molar refractivity (Wildman–Crippen MR) is 78.9 cm³/mol. The summed E-state index contributed by atoms with van der Waals surface area (Å²) in [6.07, 6.45) is 10.2. The van der Waals surface area contributed by atoms with Crippen molar-refractivity contribution in [1.82, 2.24) is 5.32 Å². The van der Waals surface area contributed by atoms with Gasteiger partial charge in [-0.05, 0) is 19.3 Å². The Morgan fingerprint density at radius 1 is 1.16 bits per heavy atom. The Bertz CT molecular complexity index is 247. The first kappa shape index (κ1) is 18.1. The van der Waals surface area contributed by atoms with Gasteiger partial charge >= 0.3 is 0 Å². The Morgan fingerprint density at radius 3 is 2.42 bits per heavy atom. The van der Waals surface area contributed by atoms with Crippen LogP contribution in [0, 0.1) is 0 Å². The summed E-state index contributed by atoms with van der Waals surface area (Å²) in [5, 5.41) is 12.4. The van der Waals surface area contributed by atoms with Crippen molar-refractivity contribution in [2.45, 2.75) is 51.4 Å². The summed E-state index contributed by atoms with van der Waals surface area (Å²) < 4.78 is -0.0411. The van der Waals surface area contributed by atoms with Gasteiger partial charge in [0.2, 0.25) is 5.91 Å². The first-order valence-corrected chi connectivity index (χ1v) is 7.39. The Kier molecular flexibility index (Phi) is 10.5. The first-order valence-electron chi connectivity index (χ1n) is 7.39. The van der Waals surface area contributed by atoms with Crippen molar-refractivity contribution in [2.24, 2.45) is 0 Å². The standard InChI is InChI=1S/C15H30N2O2/c1-4-5-6-7-8-9-10-12-15(18)16-13-11-14-17(2,3)19/h4,19H,1,5-14H2,2-3H3/p+1. The highest BCUT2D eigenvalue weighted by atomic mass is 16.5. The zero-order valence-electron chi connectivity index (χ0n) is 12.7. The Balaban J connectivity index is 3.28. The zero-order valence-corrected chi connectivity index (χ0v) is 12.7. The van der Waals surface area contributed by atoms with E-state index >= 15 is 0 Å². The van der Waals surface area contributed by atoms with E-state index in [1.807, 2.05) is 6.08 Å². The van der Waals surface area contributed by atoms with E-state index in [0.29, 0.717) is 19.5 Å². The Hall–Kier alpha value is -0.870. The fourth-order valence-electron chi connectivity index (χ4n) is 1.89. The van der Waals surface area contributed by atoms with Gasteiger partial charge in [-0.15, -0.1) is 6.58 Å². The highest BCUT2D eigenvalue weighted by Gasteiger charge is 2.09. The number of amides is 1. The molecular weight excluding hydrogens is 240 g/mol. The lowest BCUT2D eigenvalue weighted by atomic mass is 10.1. The second kappa shape index (κ2) is 11.0. The van der Waals surface area contributed by atoms with Crippen molar-refractivity contribution in [2.75, 3.05) is 27.2 Å². The largest absolute Gasteiger partial charge is 0.356 e. The Labute approximate surface area is 118 Å². The molecule has 0 radical (unpaired) electrons.